The zero-order valence-electron chi connectivity index (χ0n) is 12.1. The minimum absolute atomic E-state index is 0.0546. The van der Waals surface area contributed by atoms with E-state index in [1.165, 1.54) is 0 Å². The van der Waals surface area contributed by atoms with Gasteiger partial charge in [0.2, 0.25) is 0 Å². The van der Waals surface area contributed by atoms with Gasteiger partial charge in [0.15, 0.2) is 0 Å². The van der Waals surface area contributed by atoms with E-state index >= 15 is 0 Å². The summed E-state index contributed by atoms with van der Waals surface area (Å²) in [6, 6.07) is 8.82. The van der Waals surface area contributed by atoms with Crippen LogP contribution in [0.4, 0.5) is 0 Å². The Kier molecular flexibility index (Phi) is 4.24. The maximum absolute atomic E-state index is 12.2. The summed E-state index contributed by atoms with van der Waals surface area (Å²) < 4.78 is 16.6. The Morgan fingerprint density at radius 1 is 1.36 bits per heavy atom. The molecular weight excluding hydrogens is 284 g/mol. The molecule has 5 heteroatoms. The molecule has 0 amide bonds. The second-order valence-corrected chi connectivity index (χ2v) is 5.53. The number of ether oxygens (including phenoxy) is 3. The molecule has 1 aliphatic carbocycles. The molecule has 0 aromatic heterocycles. The van der Waals surface area contributed by atoms with Crippen LogP contribution in [0.15, 0.2) is 43.0 Å². The van der Waals surface area contributed by atoms with Crippen LogP contribution in [0.1, 0.15) is 23.2 Å². The Hall–Kier alpha value is -2.14. The molecule has 1 aromatic rings. The molecule has 0 N–H and O–H groups in total. The van der Waals surface area contributed by atoms with E-state index in [0.29, 0.717) is 25.0 Å². The van der Waals surface area contributed by atoms with E-state index < -0.39 is 6.10 Å². The average molecular weight is 302 g/mol. The Bertz CT molecular complexity index is 568. The third-order valence-electron chi connectivity index (χ3n) is 4.09. The van der Waals surface area contributed by atoms with Gasteiger partial charge in [0, 0.05) is 12.3 Å². The number of fused-ring (bicyclic) bond motifs is 1. The van der Waals surface area contributed by atoms with E-state index in [1.807, 2.05) is 6.07 Å². The predicted molar refractivity (Wildman–Crippen MR) is 78.2 cm³/mol. The highest BCUT2D eigenvalue weighted by molar-refractivity contribution is 5.89. The summed E-state index contributed by atoms with van der Waals surface area (Å²) in [4.78, 5) is 23.6. The van der Waals surface area contributed by atoms with Crippen molar-refractivity contribution >= 4 is 11.9 Å². The van der Waals surface area contributed by atoms with Gasteiger partial charge in [-0.3, -0.25) is 4.79 Å². The van der Waals surface area contributed by atoms with E-state index in [0.717, 1.165) is 0 Å². The normalized spacial score (nSPS) is 29.7. The smallest absolute Gasteiger partial charge is 0.338 e. The van der Waals surface area contributed by atoms with Gasteiger partial charge in [-0.2, -0.15) is 0 Å². The first-order valence-corrected chi connectivity index (χ1v) is 7.37. The van der Waals surface area contributed by atoms with Crippen molar-refractivity contribution in [1.29, 1.82) is 0 Å². The number of carbonyl (C=O) groups is 2. The van der Waals surface area contributed by atoms with Crippen molar-refractivity contribution in [2.45, 2.75) is 31.2 Å². The molecule has 4 atom stereocenters. The number of benzene rings is 1. The zero-order valence-corrected chi connectivity index (χ0v) is 12.1. The highest BCUT2D eigenvalue weighted by atomic mass is 16.6. The molecule has 5 nitrogen and oxygen atoms in total. The van der Waals surface area contributed by atoms with E-state index in [2.05, 4.69) is 6.58 Å². The summed E-state index contributed by atoms with van der Waals surface area (Å²) in [6.07, 6.45) is 1.47. The summed E-state index contributed by atoms with van der Waals surface area (Å²) in [6.45, 7) is 3.97. The number of esters is 2. The third-order valence-corrected chi connectivity index (χ3v) is 4.09. The molecule has 0 spiro atoms. The van der Waals surface area contributed by atoms with Gasteiger partial charge in [-0.05, 0) is 12.1 Å². The molecule has 2 aliphatic rings. The van der Waals surface area contributed by atoms with E-state index in [4.69, 9.17) is 14.2 Å². The molecule has 1 saturated carbocycles. The summed E-state index contributed by atoms with van der Waals surface area (Å²) in [5, 5.41) is 0. The number of hydrogen-bond donors (Lipinski definition) is 0. The maximum Gasteiger partial charge on any atom is 0.338 e. The fourth-order valence-electron chi connectivity index (χ4n) is 3.12. The molecule has 1 aliphatic heterocycles. The van der Waals surface area contributed by atoms with Crippen molar-refractivity contribution in [2.24, 2.45) is 5.92 Å². The fourth-order valence-corrected chi connectivity index (χ4v) is 3.12. The first-order chi connectivity index (χ1) is 10.7. The largest absolute Gasteiger partial charge is 0.462 e. The molecule has 0 radical (unpaired) electrons. The SMILES string of the molecule is C=CCOC1C(OC(=O)c2ccccc2)CC2OC(=O)CC21. The van der Waals surface area contributed by atoms with Gasteiger partial charge in [-0.1, -0.05) is 24.3 Å². The standard InChI is InChI=1S/C17H18O5/c1-2-8-20-16-12-9-15(18)21-13(12)10-14(16)22-17(19)11-6-4-3-5-7-11/h2-7,12-14,16H,1,8-10H2. The minimum atomic E-state index is -0.407. The van der Waals surface area contributed by atoms with Gasteiger partial charge in [0.05, 0.1) is 18.6 Å². The van der Waals surface area contributed by atoms with Crippen molar-refractivity contribution in [3.8, 4) is 0 Å². The molecule has 1 saturated heterocycles. The minimum Gasteiger partial charge on any atom is -0.462 e. The van der Waals surface area contributed by atoms with Gasteiger partial charge in [0.25, 0.3) is 0 Å². The van der Waals surface area contributed by atoms with Gasteiger partial charge >= 0.3 is 11.9 Å². The lowest BCUT2D eigenvalue weighted by Crippen LogP contribution is -2.33. The predicted octanol–water partition coefficient (Wildman–Crippen LogP) is 2.12. The second kappa shape index (κ2) is 6.32. The highest BCUT2D eigenvalue weighted by Gasteiger charge is 2.52. The quantitative estimate of drug-likeness (QED) is 0.616. The van der Waals surface area contributed by atoms with Crippen molar-refractivity contribution in [3.63, 3.8) is 0 Å². The van der Waals surface area contributed by atoms with Crippen LogP contribution in [0.2, 0.25) is 0 Å². The zero-order chi connectivity index (χ0) is 15.5. The molecule has 4 unspecified atom stereocenters. The Labute approximate surface area is 128 Å². The lowest BCUT2D eigenvalue weighted by atomic mass is 10.0. The molecule has 2 fully saturated rings. The first kappa shape index (κ1) is 14.8. The fraction of sp³-hybridized carbons (Fsp3) is 0.412. The summed E-state index contributed by atoms with van der Waals surface area (Å²) in [7, 11) is 0. The van der Waals surface area contributed by atoms with Crippen LogP contribution in [0.25, 0.3) is 0 Å². The van der Waals surface area contributed by atoms with Crippen LogP contribution >= 0.6 is 0 Å². The molecule has 1 heterocycles. The number of hydrogen-bond acceptors (Lipinski definition) is 5. The Balaban J connectivity index is 1.70. The molecule has 0 bridgehead atoms. The number of carbonyl (C=O) groups excluding carboxylic acids is 2. The lowest BCUT2D eigenvalue weighted by molar-refractivity contribution is -0.142. The van der Waals surface area contributed by atoms with Crippen LogP contribution in [-0.2, 0) is 19.0 Å². The second-order valence-electron chi connectivity index (χ2n) is 5.53. The third kappa shape index (κ3) is 2.90. The van der Waals surface area contributed by atoms with Gasteiger partial charge in [0.1, 0.15) is 18.3 Å². The van der Waals surface area contributed by atoms with Gasteiger partial charge < -0.3 is 14.2 Å². The average Bonchev–Trinajstić information content (AvgIpc) is 3.02. The maximum atomic E-state index is 12.2. The van der Waals surface area contributed by atoms with Gasteiger partial charge in [-0.25, -0.2) is 4.79 Å². The Morgan fingerprint density at radius 2 is 2.14 bits per heavy atom. The van der Waals surface area contributed by atoms with Crippen LogP contribution < -0.4 is 0 Å². The summed E-state index contributed by atoms with van der Waals surface area (Å²) in [5.74, 6) is -0.653. The molecular formula is C17H18O5. The molecule has 3 rings (SSSR count). The van der Waals surface area contributed by atoms with Gasteiger partial charge in [-0.15, -0.1) is 6.58 Å². The van der Waals surface area contributed by atoms with Crippen LogP contribution in [-0.4, -0.2) is 36.9 Å². The Morgan fingerprint density at radius 3 is 2.86 bits per heavy atom. The van der Waals surface area contributed by atoms with Crippen molar-refractivity contribution < 1.29 is 23.8 Å². The van der Waals surface area contributed by atoms with Crippen LogP contribution in [0.5, 0.6) is 0 Å². The van der Waals surface area contributed by atoms with Crippen molar-refractivity contribution in [3.05, 3.63) is 48.6 Å². The highest BCUT2D eigenvalue weighted by Crippen LogP contribution is 2.40. The summed E-state index contributed by atoms with van der Waals surface area (Å²) >= 11 is 0. The monoisotopic (exact) mass is 302 g/mol. The van der Waals surface area contributed by atoms with Crippen LogP contribution in [0.3, 0.4) is 0 Å². The molecule has 1 aromatic carbocycles. The lowest BCUT2D eigenvalue weighted by Gasteiger charge is -2.22. The van der Waals surface area contributed by atoms with Crippen molar-refractivity contribution in [1.82, 2.24) is 0 Å². The van der Waals surface area contributed by atoms with E-state index in [1.54, 1.807) is 30.3 Å². The van der Waals surface area contributed by atoms with Crippen molar-refractivity contribution in [2.75, 3.05) is 6.61 Å². The summed E-state index contributed by atoms with van der Waals surface area (Å²) in [5.41, 5.74) is 0.499. The molecule has 116 valence electrons. The number of rotatable bonds is 5. The molecule has 22 heavy (non-hydrogen) atoms. The first-order valence-electron chi connectivity index (χ1n) is 7.37. The van der Waals surface area contributed by atoms with E-state index in [-0.39, 0.29) is 30.1 Å². The van der Waals surface area contributed by atoms with Crippen LogP contribution in [0, 0.1) is 5.92 Å². The topological polar surface area (TPSA) is 61.8 Å². The van der Waals surface area contributed by atoms with E-state index in [9.17, 15) is 9.59 Å².